The second kappa shape index (κ2) is 3.59. The zero-order chi connectivity index (χ0) is 8.27. The Hall–Kier alpha value is -0.740. The summed E-state index contributed by atoms with van der Waals surface area (Å²) < 4.78 is 6.77. The van der Waals surface area contributed by atoms with Gasteiger partial charge in [0.2, 0.25) is 5.88 Å². The third-order valence-corrected chi connectivity index (χ3v) is 1.46. The van der Waals surface area contributed by atoms with Crippen molar-refractivity contribution in [3.63, 3.8) is 0 Å². The van der Waals surface area contributed by atoms with Gasteiger partial charge in [0.25, 0.3) is 0 Å². The van der Waals surface area contributed by atoms with Crippen molar-refractivity contribution < 1.29 is 4.74 Å². The Morgan fingerprint density at radius 2 is 2.55 bits per heavy atom. The van der Waals surface area contributed by atoms with Crippen LogP contribution in [-0.4, -0.2) is 22.9 Å². The maximum Gasteiger partial charge on any atom is 0.230 e. The monoisotopic (exact) mass is 175 g/mol. The molecule has 1 aromatic rings. The van der Waals surface area contributed by atoms with Crippen LogP contribution in [0.3, 0.4) is 0 Å². The first-order chi connectivity index (χ1) is 5.25. The first-order valence-corrected chi connectivity index (χ1v) is 3.64. The number of nitrogens with two attached hydrogens (primary N) is 1. The van der Waals surface area contributed by atoms with Crippen molar-refractivity contribution in [1.82, 2.24) is 9.78 Å². The number of halogens is 1. The first kappa shape index (κ1) is 8.36. The number of nitrogens with zero attached hydrogens (tertiary/aromatic N) is 2. The molecule has 0 amide bonds. The summed E-state index contributed by atoms with van der Waals surface area (Å²) in [6, 6.07) is 0. The van der Waals surface area contributed by atoms with Crippen LogP contribution >= 0.6 is 11.6 Å². The average Bonchev–Trinajstić information content (AvgIpc) is 2.29. The van der Waals surface area contributed by atoms with Gasteiger partial charge in [0.05, 0.1) is 6.20 Å². The van der Waals surface area contributed by atoms with E-state index in [1.807, 2.05) is 0 Å². The van der Waals surface area contributed by atoms with E-state index in [1.54, 1.807) is 11.7 Å². The van der Waals surface area contributed by atoms with E-state index in [9.17, 15) is 0 Å². The minimum Gasteiger partial charge on any atom is -0.475 e. The van der Waals surface area contributed by atoms with Crippen molar-refractivity contribution in [2.75, 3.05) is 13.2 Å². The smallest absolute Gasteiger partial charge is 0.230 e. The van der Waals surface area contributed by atoms with E-state index >= 15 is 0 Å². The summed E-state index contributed by atoms with van der Waals surface area (Å²) in [5.74, 6) is 0.567. The molecule has 0 unspecified atom stereocenters. The van der Waals surface area contributed by atoms with Gasteiger partial charge in [0.15, 0.2) is 0 Å². The minimum atomic E-state index is 0.458. The standard InChI is InChI=1S/C6H10ClN3O/c1-10-6(11-3-2-8)5(7)4-9-10/h4H,2-3,8H2,1H3. The van der Waals surface area contributed by atoms with Crippen LogP contribution < -0.4 is 10.5 Å². The molecule has 0 spiro atoms. The number of aryl methyl sites for hydroxylation is 1. The van der Waals surface area contributed by atoms with Crippen LogP contribution in [0.4, 0.5) is 0 Å². The lowest BCUT2D eigenvalue weighted by Gasteiger charge is -2.03. The summed E-state index contributed by atoms with van der Waals surface area (Å²) >= 11 is 5.73. The summed E-state index contributed by atoms with van der Waals surface area (Å²) in [5.41, 5.74) is 5.25. The Kier molecular flexibility index (Phi) is 2.73. The van der Waals surface area contributed by atoms with Crippen molar-refractivity contribution in [2.45, 2.75) is 0 Å². The fourth-order valence-electron chi connectivity index (χ4n) is 0.717. The van der Waals surface area contributed by atoms with E-state index in [4.69, 9.17) is 22.1 Å². The van der Waals surface area contributed by atoms with Crippen LogP contribution in [0.5, 0.6) is 5.88 Å². The largest absolute Gasteiger partial charge is 0.475 e. The Balaban J connectivity index is 2.67. The van der Waals surface area contributed by atoms with Crippen LogP contribution in [0.15, 0.2) is 6.20 Å². The summed E-state index contributed by atoms with van der Waals surface area (Å²) in [6.07, 6.45) is 1.54. The molecule has 1 rings (SSSR count). The third kappa shape index (κ3) is 1.85. The number of aromatic nitrogens is 2. The molecule has 2 N–H and O–H groups in total. The van der Waals surface area contributed by atoms with Gasteiger partial charge in [-0.25, -0.2) is 4.68 Å². The van der Waals surface area contributed by atoms with Gasteiger partial charge >= 0.3 is 0 Å². The molecule has 0 fully saturated rings. The average molecular weight is 176 g/mol. The molecule has 11 heavy (non-hydrogen) atoms. The maximum atomic E-state index is 5.73. The number of hydrogen-bond donors (Lipinski definition) is 1. The predicted octanol–water partition coefficient (Wildman–Crippen LogP) is 0.411. The van der Waals surface area contributed by atoms with Crippen LogP contribution in [0.25, 0.3) is 0 Å². The molecule has 0 bridgehead atoms. The van der Waals surface area contributed by atoms with E-state index < -0.39 is 0 Å². The maximum absolute atomic E-state index is 5.73. The SMILES string of the molecule is Cn1ncc(Cl)c1OCCN. The molecule has 62 valence electrons. The first-order valence-electron chi connectivity index (χ1n) is 3.26. The molecule has 1 aromatic heterocycles. The van der Waals surface area contributed by atoms with Crippen LogP contribution in [0.2, 0.25) is 5.02 Å². The quantitative estimate of drug-likeness (QED) is 0.724. The molecule has 0 aliphatic carbocycles. The number of ether oxygens (including phenoxy) is 1. The van der Waals surface area contributed by atoms with Crippen molar-refractivity contribution in [3.8, 4) is 5.88 Å². The zero-order valence-electron chi connectivity index (χ0n) is 6.25. The second-order valence-electron chi connectivity index (χ2n) is 2.06. The molecular formula is C6H10ClN3O. The van der Waals surface area contributed by atoms with Gasteiger partial charge in [-0.05, 0) is 0 Å². The van der Waals surface area contributed by atoms with Crippen molar-refractivity contribution in [3.05, 3.63) is 11.2 Å². The summed E-state index contributed by atoms with van der Waals surface area (Å²) in [6.45, 7) is 0.931. The highest BCUT2D eigenvalue weighted by Gasteiger charge is 2.05. The highest BCUT2D eigenvalue weighted by molar-refractivity contribution is 6.31. The number of rotatable bonds is 3. The molecule has 1 heterocycles. The number of hydrogen-bond acceptors (Lipinski definition) is 3. The molecule has 0 aliphatic rings. The predicted molar refractivity (Wildman–Crippen MR) is 42.8 cm³/mol. The summed E-state index contributed by atoms with van der Waals surface area (Å²) in [7, 11) is 1.76. The Bertz CT molecular complexity index is 216. The topological polar surface area (TPSA) is 53.1 Å². The Morgan fingerprint density at radius 1 is 1.82 bits per heavy atom. The van der Waals surface area contributed by atoms with E-state index in [-0.39, 0.29) is 0 Å². The molecule has 5 heteroatoms. The molecule has 4 nitrogen and oxygen atoms in total. The molecule has 0 radical (unpaired) electrons. The van der Waals surface area contributed by atoms with Crippen LogP contribution in [0, 0.1) is 0 Å². The lowest BCUT2D eigenvalue weighted by Crippen LogP contribution is -2.12. The zero-order valence-corrected chi connectivity index (χ0v) is 7.01. The lowest BCUT2D eigenvalue weighted by atomic mass is 10.6. The Morgan fingerprint density at radius 3 is 3.00 bits per heavy atom. The lowest BCUT2D eigenvalue weighted by molar-refractivity contribution is 0.299. The van der Waals surface area contributed by atoms with Gasteiger partial charge in [0, 0.05) is 13.6 Å². The second-order valence-corrected chi connectivity index (χ2v) is 2.47. The van der Waals surface area contributed by atoms with Gasteiger partial charge < -0.3 is 10.5 Å². The van der Waals surface area contributed by atoms with E-state index in [2.05, 4.69) is 5.10 Å². The molecule has 0 saturated heterocycles. The molecule has 0 aliphatic heterocycles. The van der Waals surface area contributed by atoms with Gasteiger partial charge in [-0.2, -0.15) is 5.10 Å². The summed E-state index contributed by atoms with van der Waals surface area (Å²) in [5, 5.41) is 4.40. The van der Waals surface area contributed by atoms with Gasteiger partial charge in [-0.15, -0.1) is 0 Å². The van der Waals surface area contributed by atoms with Gasteiger partial charge in [-0.1, -0.05) is 11.6 Å². The van der Waals surface area contributed by atoms with Crippen molar-refractivity contribution >= 4 is 11.6 Å². The van der Waals surface area contributed by atoms with Crippen molar-refractivity contribution in [1.29, 1.82) is 0 Å². The fourth-order valence-corrected chi connectivity index (χ4v) is 0.938. The molecule has 0 saturated carbocycles. The van der Waals surface area contributed by atoms with E-state index in [0.717, 1.165) is 0 Å². The van der Waals surface area contributed by atoms with Gasteiger partial charge in [-0.3, -0.25) is 0 Å². The molecular weight excluding hydrogens is 166 g/mol. The Labute approximate surface area is 69.9 Å². The minimum absolute atomic E-state index is 0.458. The fraction of sp³-hybridized carbons (Fsp3) is 0.500. The third-order valence-electron chi connectivity index (χ3n) is 1.20. The highest BCUT2D eigenvalue weighted by atomic mass is 35.5. The van der Waals surface area contributed by atoms with Crippen molar-refractivity contribution in [2.24, 2.45) is 12.8 Å². The van der Waals surface area contributed by atoms with E-state index in [1.165, 1.54) is 6.20 Å². The van der Waals surface area contributed by atoms with Crippen LogP contribution in [0.1, 0.15) is 0 Å². The molecule has 0 aromatic carbocycles. The van der Waals surface area contributed by atoms with Gasteiger partial charge in [0.1, 0.15) is 11.6 Å². The highest BCUT2D eigenvalue weighted by Crippen LogP contribution is 2.21. The summed E-state index contributed by atoms with van der Waals surface area (Å²) in [4.78, 5) is 0. The molecule has 0 atom stereocenters. The van der Waals surface area contributed by atoms with Crippen LogP contribution in [-0.2, 0) is 7.05 Å². The van der Waals surface area contributed by atoms with E-state index in [0.29, 0.717) is 24.1 Å². The normalized spacial score (nSPS) is 10.1.